The van der Waals surface area contributed by atoms with Crippen LogP contribution in [0.5, 0.6) is 0 Å². The fourth-order valence-corrected chi connectivity index (χ4v) is 1.27. The summed E-state index contributed by atoms with van der Waals surface area (Å²) in [5, 5.41) is 3.23. The largest absolute Gasteiger partial charge is 0.368 e. The lowest BCUT2D eigenvalue weighted by Gasteiger charge is -2.09. The van der Waals surface area contributed by atoms with Gasteiger partial charge in [-0.3, -0.25) is 0 Å². The summed E-state index contributed by atoms with van der Waals surface area (Å²) in [7, 11) is 0. The summed E-state index contributed by atoms with van der Waals surface area (Å²) in [5.41, 5.74) is 1.78. The van der Waals surface area contributed by atoms with Gasteiger partial charge in [0.15, 0.2) is 0 Å². The van der Waals surface area contributed by atoms with Crippen LogP contribution >= 0.6 is 0 Å². The van der Waals surface area contributed by atoms with E-state index in [-0.39, 0.29) is 0 Å². The second-order valence-corrected chi connectivity index (χ2v) is 3.65. The van der Waals surface area contributed by atoms with Gasteiger partial charge in [-0.05, 0) is 19.4 Å². The number of hydrogen-bond donors (Lipinski definition) is 1. The van der Waals surface area contributed by atoms with E-state index in [1.165, 1.54) is 0 Å². The molecule has 0 aliphatic rings. The zero-order valence-corrected chi connectivity index (χ0v) is 9.77. The van der Waals surface area contributed by atoms with Gasteiger partial charge in [0.25, 0.3) is 0 Å². The molecule has 0 amide bonds. The van der Waals surface area contributed by atoms with Gasteiger partial charge in [-0.25, -0.2) is 9.97 Å². The van der Waals surface area contributed by atoms with Gasteiger partial charge in [0.2, 0.25) is 0 Å². The molecule has 0 fully saturated rings. The van der Waals surface area contributed by atoms with Gasteiger partial charge in [-0.2, -0.15) is 0 Å². The standard InChI is InChI=1S/C13H17N3/c1-5-7-11(6-2)12-8-13(15-9-14-12)16-10(3)4/h5-10H,1-2H2,3-4H3,(H,14,15,16)/b11-7+. The molecule has 0 aromatic carbocycles. The van der Waals surface area contributed by atoms with Crippen molar-refractivity contribution in [2.75, 3.05) is 5.32 Å². The van der Waals surface area contributed by atoms with Crippen molar-refractivity contribution in [3.63, 3.8) is 0 Å². The van der Waals surface area contributed by atoms with E-state index in [0.717, 1.165) is 17.1 Å². The normalized spacial score (nSPS) is 11.3. The van der Waals surface area contributed by atoms with Crippen LogP contribution in [0.3, 0.4) is 0 Å². The number of hydrogen-bond acceptors (Lipinski definition) is 3. The smallest absolute Gasteiger partial charge is 0.130 e. The van der Waals surface area contributed by atoms with E-state index >= 15 is 0 Å². The highest BCUT2D eigenvalue weighted by atomic mass is 15.0. The Hall–Kier alpha value is -1.90. The van der Waals surface area contributed by atoms with Crippen molar-refractivity contribution in [1.29, 1.82) is 0 Å². The summed E-state index contributed by atoms with van der Waals surface area (Å²) in [6.07, 6.45) is 6.88. The summed E-state index contributed by atoms with van der Waals surface area (Å²) >= 11 is 0. The van der Waals surface area contributed by atoms with Gasteiger partial charge < -0.3 is 5.32 Å². The van der Waals surface area contributed by atoms with Crippen LogP contribution in [0.15, 0.2) is 43.8 Å². The quantitative estimate of drug-likeness (QED) is 0.767. The number of aromatic nitrogens is 2. The van der Waals surface area contributed by atoms with Crippen molar-refractivity contribution in [2.24, 2.45) is 0 Å². The van der Waals surface area contributed by atoms with E-state index in [1.54, 1.807) is 18.5 Å². The van der Waals surface area contributed by atoms with Gasteiger partial charge >= 0.3 is 0 Å². The molecule has 0 radical (unpaired) electrons. The molecule has 0 atom stereocenters. The Morgan fingerprint density at radius 2 is 2.12 bits per heavy atom. The third-order valence-electron chi connectivity index (χ3n) is 1.92. The molecule has 1 aromatic heterocycles. The van der Waals surface area contributed by atoms with Crippen molar-refractivity contribution >= 4 is 11.4 Å². The molecule has 1 heterocycles. The first-order chi connectivity index (χ1) is 7.67. The maximum absolute atomic E-state index is 4.20. The Bertz CT molecular complexity index is 405. The molecule has 0 aliphatic carbocycles. The van der Waals surface area contributed by atoms with E-state index in [0.29, 0.717) is 6.04 Å². The van der Waals surface area contributed by atoms with E-state index in [4.69, 9.17) is 0 Å². The Morgan fingerprint density at radius 3 is 2.69 bits per heavy atom. The minimum Gasteiger partial charge on any atom is -0.368 e. The molecular weight excluding hydrogens is 198 g/mol. The fourth-order valence-electron chi connectivity index (χ4n) is 1.27. The van der Waals surface area contributed by atoms with E-state index in [9.17, 15) is 0 Å². The van der Waals surface area contributed by atoms with Crippen LogP contribution in [0, 0.1) is 0 Å². The van der Waals surface area contributed by atoms with E-state index in [1.807, 2.05) is 12.1 Å². The molecule has 0 aliphatic heterocycles. The van der Waals surface area contributed by atoms with Crippen molar-refractivity contribution < 1.29 is 0 Å². The van der Waals surface area contributed by atoms with Crippen LogP contribution in [0.4, 0.5) is 5.82 Å². The lowest BCUT2D eigenvalue weighted by Crippen LogP contribution is -2.11. The van der Waals surface area contributed by atoms with Gasteiger partial charge in [0.1, 0.15) is 12.1 Å². The predicted molar refractivity (Wildman–Crippen MR) is 69.2 cm³/mol. The third-order valence-corrected chi connectivity index (χ3v) is 1.92. The predicted octanol–water partition coefficient (Wildman–Crippen LogP) is 3.05. The first-order valence-corrected chi connectivity index (χ1v) is 5.21. The zero-order chi connectivity index (χ0) is 12.0. The number of nitrogens with one attached hydrogen (secondary N) is 1. The van der Waals surface area contributed by atoms with Crippen molar-refractivity contribution in [3.05, 3.63) is 49.5 Å². The molecule has 16 heavy (non-hydrogen) atoms. The first-order valence-electron chi connectivity index (χ1n) is 5.21. The maximum Gasteiger partial charge on any atom is 0.130 e. The Balaban J connectivity index is 3.01. The lowest BCUT2D eigenvalue weighted by atomic mass is 10.1. The number of rotatable bonds is 5. The van der Waals surface area contributed by atoms with E-state index < -0.39 is 0 Å². The lowest BCUT2D eigenvalue weighted by molar-refractivity contribution is 0.885. The summed E-state index contributed by atoms with van der Waals surface area (Å²) in [6.45, 7) is 11.5. The summed E-state index contributed by atoms with van der Waals surface area (Å²) in [4.78, 5) is 8.34. The minimum atomic E-state index is 0.346. The van der Waals surface area contributed by atoms with Gasteiger partial charge in [-0.15, -0.1) is 0 Å². The fraction of sp³-hybridized carbons (Fsp3) is 0.231. The average Bonchev–Trinajstić information content (AvgIpc) is 2.25. The molecule has 3 heteroatoms. The van der Waals surface area contributed by atoms with E-state index in [2.05, 4.69) is 42.3 Å². The van der Waals surface area contributed by atoms with Crippen LogP contribution < -0.4 is 5.32 Å². The summed E-state index contributed by atoms with van der Waals surface area (Å²) < 4.78 is 0. The number of anilines is 1. The average molecular weight is 215 g/mol. The highest BCUT2D eigenvalue weighted by Gasteiger charge is 2.02. The van der Waals surface area contributed by atoms with Crippen LogP contribution in [0.25, 0.3) is 5.57 Å². The number of nitrogens with zero attached hydrogens (tertiary/aromatic N) is 2. The molecule has 1 N–H and O–H groups in total. The highest BCUT2D eigenvalue weighted by molar-refractivity contribution is 5.73. The molecule has 84 valence electrons. The third kappa shape index (κ3) is 3.35. The van der Waals surface area contributed by atoms with Crippen molar-refractivity contribution in [1.82, 2.24) is 9.97 Å². The topological polar surface area (TPSA) is 37.8 Å². The highest BCUT2D eigenvalue weighted by Crippen LogP contribution is 2.15. The summed E-state index contributed by atoms with van der Waals surface area (Å²) in [6, 6.07) is 2.25. The first kappa shape index (κ1) is 12.2. The molecule has 0 unspecified atom stereocenters. The monoisotopic (exact) mass is 215 g/mol. The Labute approximate surface area is 96.6 Å². The Kier molecular flexibility index (Phi) is 4.45. The zero-order valence-electron chi connectivity index (χ0n) is 9.77. The second kappa shape index (κ2) is 5.85. The molecule has 0 saturated heterocycles. The molecule has 0 bridgehead atoms. The summed E-state index contributed by atoms with van der Waals surface area (Å²) in [5.74, 6) is 0.816. The van der Waals surface area contributed by atoms with Crippen LogP contribution in [-0.4, -0.2) is 16.0 Å². The molecule has 1 aromatic rings. The Morgan fingerprint density at radius 1 is 1.38 bits per heavy atom. The molecular formula is C13H17N3. The van der Waals surface area contributed by atoms with Crippen LogP contribution in [0.2, 0.25) is 0 Å². The SMILES string of the molecule is C=C/C=C(\C=C)c1cc(NC(C)C)ncn1. The molecule has 0 spiro atoms. The van der Waals surface area contributed by atoms with Crippen LogP contribution in [-0.2, 0) is 0 Å². The minimum absolute atomic E-state index is 0.346. The molecule has 3 nitrogen and oxygen atoms in total. The van der Waals surface area contributed by atoms with Gasteiger partial charge in [0.05, 0.1) is 5.69 Å². The molecule has 1 rings (SSSR count). The second-order valence-electron chi connectivity index (χ2n) is 3.65. The van der Waals surface area contributed by atoms with Crippen LogP contribution in [0.1, 0.15) is 19.5 Å². The molecule has 0 saturated carbocycles. The van der Waals surface area contributed by atoms with Gasteiger partial charge in [0, 0.05) is 12.1 Å². The van der Waals surface area contributed by atoms with Gasteiger partial charge in [-0.1, -0.05) is 31.4 Å². The maximum atomic E-state index is 4.20. The van der Waals surface area contributed by atoms with Crippen molar-refractivity contribution in [3.8, 4) is 0 Å². The number of allylic oxidation sites excluding steroid dienone is 4. The van der Waals surface area contributed by atoms with Crippen molar-refractivity contribution in [2.45, 2.75) is 19.9 Å².